The van der Waals surface area contributed by atoms with Crippen LogP contribution in [0, 0.1) is 0 Å². The summed E-state index contributed by atoms with van der Waals surface area (Å²) in [5, 5.41) is 7.03. The summed E-state index contributed by atoms with van der Waals surface area (Å²) in [5.41, 5.74) is 11.8. The lowest BCUT2D eigenvalue weighted by Crippen LogP contribution is -2.12. The van der Waals surface area contributed by atoms with Gasteiger partial charge in [-0.2, -0.15) is 0 Å². The molecule has 52 heavy (non-hydrogen) atoms. The number of fused-ring (bicyclic) bond motifs is 6. The summed E-state index contributed by atoms with van der Waals surface area (Å²) in [5.74, 6) is 0. The van der Waals surface area contributed by atoms with Crippen molar-refractivity contribution in [1.82, 2.24) is 0 Å². The van der Waals surface area contributed by atoms with Crippen LogP contribution in [0.3, 0.4) is 0 Å². The van der Waals surface area contributed by atoms with Crippen LogP contribution < -0.4 is 4.90 Å². The van der Waals surface area contributed by atoms with E-state index in [1.54, 1.807) is 0 Å². The molecule has 0 bridgehead atoms. The first-order valence-corrected chi connectivity index (χ1v) is 17.8. The smallest absolute Gasteiger partial charge is 0.145 e. The monoisotopic (exact) mass is 663 g/mol. The summed E-state index contributed by atoms with van der Waals surface area (Å²) in [6.07, 6.45) is 0. The van der Waals surface area contributed by atoms with Crippen molar-refractivity contribution < 1.29 is 4.42 Å². The van der Waals surface area contributed by atoms with Crippen LogP contribution in [0.2, 0.25) is 0 Å². The molecule has 10 rings (SSSR count). The molecule has 2 nitrogen and oxygen atoms in total. The molecule has 0 aliphatic heterocycles. The van der Waals surface area contributed by atoms with Crippen LogP contribution in [0.25, 0.3) is 76.9 Å². The van der Waals surface area contributed by atoms with Crippen molar-refractivity contribution in [3.8, 4) is 33.4 Å². The molecule has 0 unspecified atom stereocenters. The fraction of sp³-hybridized carbons (Fsp3) is 0. The number of furan rings is 1. The summed E-state index contributed by atoms with van der Waals surface area (Å²) in [6.45, 7) is 0. The fourth-order valence-electron chi connectivity index (χ4n) is 7.84. The van der Waals surface area contributed by atoms with Gasteiger partial charge in [-0.05, 0) is 68.7 Å². The van der Waals surface area contributed by atoms with Crippen molar-refractivity contribution in [2.75, 3.05) is 4.90 Å². The predicted molar refractivity (Wildman–Crippen MR) is 220 cm³/mol. The molecule has 0 radical (unpaired) electrons. The highest BCUT2D eigenvalue weighted by molar-refractivity contribution is 6.20. The van der Waals surface area contributed by atoms with Crippen molar-refractivity contribution in [3.05, 3.63) is 200 Å². The minimum atomic E-state index is 0.868. The highest BCUT2D eigenvalue weighted by Crippen LogP contribution is 2.50. The zero-order valence-electron chi connectivity index (χ0n) is 28.4. The van der Waals surface area contributed by atoms with Crippen LogP contribution in [0.5, 0.6) is 0 Å². The van der Waals surface area contributed by atoms with Crippen molar-refractivity contribution >= 4 is 60.5 Å². The van der Waals surface area contributed by atoms with E-state index in [0.717, 1.165) is 66.8 Å². The number of benzene rings is 9. The molecule has 0 saturated carbocycles. The van der Waals surface area contributed by atoms with Gasteiger partial charge in [-0.15, -0.1) is 0 Å². The van der Waals surface area contributed by atoms with Crippen LogP contribution in [0.15, 0.2) is 205 Å². The van der Waals surface area contributed by atoms with Crippen molar-refractivity contribution in [2.24, 2.45) is 0 Å². The van der Waals surface area contributed by atoms with E-state index in [0.29, 0.717) is 0 Å². The van der Waals surface area contributed by atoms with Gasteiger partial charge in [-0.1, -0.05) is 170 Å². The topological polar surface area (TPSA) is 16.4 Å². The highest BCUT2D eigenvalue weighted by Gasteiger charge is 2.26. The molecular weight excluding hydrogens is 631 g/mol. The van der Waals surface area contributed by atoms with E-state index in [1.165, 1.54) is 27.1 Å². The van der Waals surface area contributed by atoms with E-state index in [1.807, 2.05) is 0 Å². The van der Waals surface area contributed by atoms with Crippen molar-refractivity contribution in [1.29, 1.82) is 0 Å². The van der Waals surface area contributed by atoms with E-state index >= 15 is 0 Å². The Morgan fingerprint density at radius 3 is 1.71 bits per heavy atom. The minimum Gasteiger partial charge on any atom is -0.455 e. The molecule has 0 saturated heterocycles. The molecule has 0 spiro atoms. The first-order chi connectivity index (χ1) is 25.8. The predicted octanol–water partition coefficient (Wildman–Crippen LogP) is 14.4. The molecular formula is C50H33NO. The molecule has 0 N–H and O–H groups in total. The molecule has 1 aromatic heterocycles. The Balaban J connectivity index is 1.36. The minimum absolute atomic E-state index is 0.868. The van der Waals surface area contributed by atoms with Gasteiger partial charge in [0.25, 0.3) is 0 Å². The van der Waals surface area contributed by atoms with Crippen molar-refractivity contribution in [3.63, 3.8) is 0 Å². The van der Waals surface area contributed by atoms with Crippen LogP contribution in [-0.4, -0.2) is 0 Å². The quantitative estimate of drug-likeness (QED) is 0.165. The molecule has 9 aromatic carbocycles. The number of anilines is 3. The third-order valence-electron chi connectivity index (χ3n) is 10.3. The maximum absolute atomic E-state index is 6.83. The molecule has 2 heteroatoms. The van der Waals surface area contributed by atoms with Gasteiger partial charge >= 0.3 is 0 Å². The summed E-state index contributed by atoms with van der Waals surface area (Å²) >= 11 is 0. The Labute approximate surface area is 302 Å². The molecule has 0 aliphatic rings. The summed E-state index contributed by atoms with van der Waals surface area (Å²) in [7, 11) is 0. The third-order valence-corrected chi connectivity index (χ3v) is 10.3. The summed E-state index contributed by atoms with van der Waals surface area (Å²) < 4.78 is 6.83. The zero-order valence-corrected chi connectivity index (χ0v) is 28.4. The number of rotatable bonds is 6. The molecule has 244 valence electrons. The van der Waals surface area contributed by atoms with E-state index < -0.39 is 0 Å². The van der Waals surface area contributed by atoms with Crippen LogP contribution in [-0.2, 0) is 0 Å². The van der Waals surface area contributed by atoms with E-state index in [4.69, 9.17) is 4.42 Å². The van der Waals surface area contributed by atoms with Gasteiger partial charge in [-0.25, -0.2) is 0 Å². The fourth-order valence-corrected chi connectivity index (χ4v) is 7.84. The number of hydrogen-bond donors (Lipinski definition) is 0. The first kappa shape index (κ1) is 30.0. The molecule has 0 fully saturated rings. The Morgan fingerprint density at radius 1 is 0.327 bits per heavy atom. The van der Waals surface area contributed by atoms with Gasteiger partial charge in [0, 0.05) is 21.9 Å². The second-order valence-corrected chi connectivity index (χ2v) is 13.3. The average molecular weight is 664 g/mol. The molecule has 0 amide bonds. The maximum Gasteiger partial charge on any atom is 0.145 e. The van der Waals surface area contributed by atoms with Crippen LogP contribution in [0.4, 0.5) is 17.1 Å². The lowest BCUT2D eigenvalue weighted by molar-refractivity contribution is 0.670. The lowest BCUT2D eigenvalue weighted by atomic mass is 9.94. The van der Waals surface area contributed by atoms with Crippen LogP contribution >= 0.6 is 0 Å². The Hall–Kier alpha value is -6.90. The SMILES string of the molecule is c1ccc(-c2ccc(-c3ccccc3)c(N(c3cccc4c3ccc3ccccc34)c3ccc(-c4ccccc4)c4oc5ccccc5c34)c2)cc1. The van der Waals surface area contributed by atoms with Crippen molar-refractivity contribution in [2.45, 2.75) is 0 Å². The third kappa shape index (κ3) is 4.96. The standard InChI is InChI=1S/C50H33NO/c1-4-15-34(16-5-1)38-28-29-40(35-17-6-2-7-18-35)47(33-38)51(45-25-14-24-42-39-22-11-10-21-37(39)27-30-43(42)45)46-32-31-41(36-19-8-3-9-20-36)50-49(46)44-23-12-13-26-48(44)52-50/h1-33H. The lowest BCUT2D eigenvalue weighted by Gasteiger charge is -2.30. The Bertz CT molecular complexity index is 2890. The second-order valence-electron chi connectivity index (χ2n) is 13.3. The van der Waals surface area contributed by atoms with E-state index in [-0.39, 0.29) is 0 Å². The zero-order chi connectivity index (χ0) is 34.4. The first-order valence-electron chi connectivity index (χ1n) is 17.8. The van der Waals surface area contributed by atoms with Crippen LogP contribution in [0.1, 0.15) is 0 Å². The Morgan fingerprint density at radius 2 is 0.942 bits per heavy atom. The van der Waals surface area contributed by atoms with E-state index in [2.05, 4.69) is 205 Å². The van der Waals surface area contributed by atoms with Gasteiger partial charge in [0.2, 0.25) is 0 Å². The maximum atomic E-state index is 6.83. The molecule has 10 aromatic rings. The van der Waals surface area contributed by atoms with Gasteiger partial charge < -0.3 is 9.32 Å². The molecule has 0 atom stereocenters. The molecule has 0 aliphatic carbocycles. The molecule has 1 heterocycles. The number of para-hydroxylation sites is 1. The number of nitrogens with zero attached hydrogens (tertiary/aromatic N) is 1. The average Bonchev–Trinajstić information content (AvgIpc) is 3.62. The summed E-state index contributed by atoms with van der Waals surface area (Å²) in [6, 6.07) is 71.7. The van der Waals surface area contributed by atoms with Gasteiger partial charge in [0.05, 0.1) is 22.4 Å². The van der Waals surface area contributed by atoms with E-state index in [9.17, 15) is 0 Å². The second kappa shape index (κ2) is 12.5. The van der Waals surface area contributed by atoms with Gasteiger partial charge in [0.1, 0.15) is 11.2 Å². The Kier molecular flexibility index (Phi) is 7.18. The van der Waals surface area contributed by atoms with Gasteiger partial charge in [-0.3, -0.25) is 0 Å². The number of hydrogen-bond acceptors (Lipinski definition) is 2. The summed E-state index contributed by atoms with van der Waals surface area (Å²) in [4.78, 5) is 2.48. The largest absolute Gasteiger partial charge is 0.455 e. The van der Waals surface area contributed by atoms with Gasteiger partial charge in [0.15, 0.2) is 0 Å². The normalized spacial score (nSPS) is 11.5. The highest BCUT2D eigenvalue weighted by atomic mass is 16.3.